The maximum atomic E-state index is 7.50. The van der Waals surface area contributed by atoms with Gasteiger partial charge >= 0.3 is 65.9 Å². The fourth-order valence-electron chi connectivity index (χ4n) is 0.596. The molecular formula is C11H17AlCl4NO5PRe. The first-order chi connectivity index (χ1) is 10.6. The number of hydrogen-bond acceptors (Lipinski definition) is 1. The summed E-state index contributed by atoms with van der Waals surface area (Å²) in [6.45, 7) is 31.4. The molecule has 24 heavy (non-hydrogen) atoms. The second-order valence-electron chi connectivity index (χ2n) is 3.20. The SMILES string of the molecule is CC(C)N([PH3+])C(C)C.[C-]#[O+].[C-]#[O+].[C-]#[O+].[C-]#[O+].[C-]#[O+].[Cl][Al-]([Cl])([Cl])[Cl].[Re]. The predicted octanol–water partition coefficient (Wildman–Crippen LogP) is 3.81. The fourth-order valence-corrected chi connectivity index (χ4v) is 0.596. The zero-order chi connectivity index (χ0) is 21.2. The standard InChI is InChI=1S/C6H16NP.5CO.Al.4ClH.Re/c1-5(2)7(8)6(3)4;5*1-2;;;;;;/h5-6H,8H2,1-4H3;;;;;;;4*1H;/q;;;;;;+3;;;;;/p-3. The van der Waals surface area contributed by atoms with Gasteiger partial charge in [0.15, 0.2) is 0 Å². The third-order valence-electron chi connectivity index (χ3n) is 1.33. The molecule has 1 unspecified atom stereocenters. The molecule has 1 atom stereocenters. The summed E-state index contributed by atoms with van der Waals surface area (Å²) in [6.07, 6.45) is 0. The van der Waals surface area contributed by atoms with E-state index in [9.17, 15) is 0 Å². The molecule has 6 nitrogen and oxygen atoms in total. The summed E-state index contributed by atoms with van der Waals surface area (Å²) in [5, 5.41) is 0. The van der Waals surface area contributed by atoms with Gasteiger partial charge in [-0.05, 0) is 27.7 Å². The van der Waals surface area contributed by atoms with Crippen molar-refractivity contribution in [2.75, 3.05) is 0 Å². The van der Waals surface area contributed by atoms with Crippen molar-refractivity contribution in [2.24, 2.45) is 0 Å². The minimum absolute atomic E-state index is 0. The molecule has 0 aliphatic heterocycles. The Kier molecular flexibility index (Phi) is 103. The molecule has 0 aliphatic rings. The number of hydrogen-bond donors (Lipinski definition) is 0. The molecule has 0 amide bonds. The molecule has 0 N–H and O–H groups in total. The van der Waals surface area contributed by atoms with Crippen molar-refractivity contribution >= 4 is 59.0 Å². The fraction of sp³-hybridized carbons (Fsp3) is 0.545. The van der Waals surface area contributed by atoms with Crippen molar-refractivity contribution in [2.45, 2.75) is 39.8 Å². The van der Waals surface area contributed by atoms with E-state index >= 15 is 0 Å². The van der Waals surface area contributed by atoms with Gasteiger partial charge in [-0.15, -0.1) is 0 Å². The van der Waals surface area contributed by atoms with Crippen LogP contribution in [-0.2, 0) is 43.7 Å². The van der Waals surface area contributed by atoms with Crippen LogP contribution in [0.5, 0.6) is 0 Å². The number of rotatable bonds is 2. The molecule has 0 saturated heterocycles. The number of halogens is 4. The Morgan fingerprint density at radius 1 is 0.667 bits per heavy atom. The van der Waals surface area contributed by atoms with E-state index in [2.05, 4.69) is 65.6 Å². The summed E-state index contributed by atoms with van der Waals surface area (Å²) in [7, 11) is 19.0. The van der Waals surface area contributed by atoms with Crippen LogP contribution in [0.2, 0.25) is 0 Å². The first-order valence-corrected chi connectivity index (χ1v) is 12.7. The van der Waals surface area contributed by atoms with Gasteiger partial charge in [0.25, 0.3) is 0 Å². The first kappa shape index (κ1) is 50.0. The monoisotopic (exact) mass is 628 g/mol. The van der Waals surface area contributed by atoms with Crippen LogP contribution in [0.4, 0.5) is 0 Å². The molecule has 0 fully saturated rings. The molecule has 0 bridgehead atoms. The van der Waals surface area contributed by atoms with Crippen molar-refractivity contribution in [3.05, 3.63) is 33.3 Å². The van der Waals surface area contributed by atoms with Crippen LogP contribution in [0, 0.1) is 33.3 Å². The van der Waals surface area contributed by atoms with E-state index in [4.69, 9.17) is 63.5 Å². The average molecular weight is 629 g/mol. The molecule has 1 radical (unpaired) electrons. The van der Waals surface area contributed by atoms with Crippen molar-refractivity contribution < 1.29 is 43.7 Å². The molecular weight excluding hydrogens is 612 g/mol. The van der Waals surface area contributed by atoms with E-state index in [-0.39, 0.29) is 20.4 Å². The van der Waals surface area contributed by atoms with Gasteiger partial charge in [0.05, 0.1) is 0 Å². The van der Waals surface area contributed by atoms with E-state index < -0.39 is 9.39 Å². The van der Waals surface area contributed by atoms with E-state index in [1.165, 1.54) is 0 Å². The van der Waals surface area contributed by atoms with Gasteiger partial charge in [-0.25, -0.2) is 0 Å². The van der Waals surface area contributed by atoms with Crippen LogP contribution < -0.4 is 0 Å². The topological polar surface area (TPSA) is 103 Å². The largest absolute Gasteiger partial charge is 0.564 e. The predicted molar refractivity (Wildman–Crippen MR) is 92.0 cm³/mol. The van der Waals surface area contributed by atoms with Crippen LogP contribution >= 0.6 is 49.6 Å². The average Bonchev–Trinajstić information content (AvgIpc) is 2.54. The summed E-state index contributed by atoms with van der Waals surface area (Å²) in [5.41, 5.74) is 0. The summed E-state index contributed by atoms with van der Waals surface area (Å²) in [5.74, 6) is 0. The van der Waals surface area contributed by atoms with E-state index in [0.29, 0.717) is 12.1 Å². The van der Waals surface area contributed by atoms with Gasteiger partial charge in [0.2, 0.25) is 0 Å². The Labute approximate surface area is 179 Å². The summed E-state index contributed by atoms with van der Waals surface area (Å²) in [4.78, 5) is 0. The Hall–Kier alpha value is 1.44. The molecule has 0 aliphatic carbocycles. The van der Waals surface area contributed by atoms with E-state index in [1.807, 2.05) is 9.39 Å². The molecule has 139 valence electrons. The normalized spacial score (nSPS) is 7.04. The summed E-state index contributed by atoms with van der Waals surface area (Å²) in [6, 6.07) is 1.38. The quantitative estimate of drug-likeness (QED) is 0.197. The molecule has 13 heteroatoms. The van der Waals surface area contributed by atoms with Gasteiger partial charge < -0.3 is 40.2 Å². The zero-order valence-corrected chi connectivity index (χ0v) is 21.6. The smallest absolute Gasteiger partial charge is 0.391 e. The number of nitrogens with zero attached hydrogens (tertiary/aromatic N) is 1. The van der Waals surface area contributed by atoms with Crippen LogP contribution in [0.15, 0.2) is 0 Å². The van der Waals surface area contributed by atoms with Crippen molar-refractivity contribution in [1.29, 1.82) is 0 Å². The second kappa shape index (κ2) is 49.7. The maximum absolute atomic E-state index is 7.50. The Balaban J connectivity index is -0.0000000233. The molecule has 0 aromatic rings. The molecule has 0 spiro atoms. The van der Waals surface area contributed by atoms with Gasteiger partial charge in [0, 0.05) is 41.9 Å². The molecule has 0 aromatic heterocycles. The third-order valence-corrected chi connectivity index (χ3v) is 2.79. The summed E-state index contributed by atoms with van der Waals surface area (Å²) >= 11 is 0. The van der Waals surface area contributed by atoms with Crippen molar-refractivity contribution in [3.8, 4) is 0 Å². The first-order valence-electron chi connectivity index (χ1n) is 5.04. The van der Waals surface area contributed by atoms with E-state index in [1.54, 1.807) is 0 Å². The van der Waals surface area contributed by atoms with Gasteiger partial charge in [0.1, 0.15) is 0 Å². The van der Waals surface area contributed by atoms with Crippen molar-refractivity contribution in [1.82, 2.24) is 4.67 Å². The van der Waals surface area contributed by atoms with Gasteiger partial charge in [-0.1, -0.05) is 0 Å². The minimum atomic E-state index is -2.94. The van der Waals surface area contributed by atoms with Crippen LogP contribution in [0.25, 0.3) is 0 Å². The van der Waals surface area contributed by atoms with Gasteiger partial charge in [-0.3, -0.25) is 0 Å². The minimum Gasteiger partial charge on any atom is -0.391 e. The molecule has 0 aromatic carbocycles. The maximum Gasteiger partial charge on any atom is 0.564 e. The summed E-state index contributed by atoms with van der Waals surface area (Å²) < 4.78 is 39.9. The van der Waals surface area contributed by atoms with Crippen LogP contribution in [-0.4, -0.2) is 26.1 Å². The second-order valence-corrected chi connectivity index (χ2v) is 16.8. The van der Waals surface area contributed by atoms with Crippen molar-refractivity contribution in [3.63, 3.8) is 0 Å². The Bertz CT molecular complexity index is 261. The van der Waals surface area contributed by atoms with Crippen LogP contribution in [0.3, 0.4) is 0 Å². The Morgan fingerprint density at radius 2 is 0.750 bits per heavy atom. The van der Waals surface area contributed by atoms with Gasteiger partial charge in [-0.2, -0.15) is 4.67 Å². The molecule has 0 heterocycles. The molecule has 0 saturated carbocycles. The Morgan fingerprint density at radius 3 is 0.750 bits per heavy atom. The third kappa shape index (κ3) is 132. The van der Waals surface area contributed by atoms with Crippen LogP contribution in [0.1, 0.15) is 27.7 Å². The molecule has 0 rings (SSSR count). The zero-order valence-electron chi connectivity index (χ0n) is 13.3. The van der Waals surface area contributed by atoms with E-state index in [0.717, 1.165) is 0 Å².